The molecular formula is C19H36N2. The molecule has 0 aliphatic heterocycles. The SMILES string of the molecule is CCCCC(C)(C)c1[nH]c(C(C)C)nc1C(C)(C)CCC. The highest BCUT2D eigenvalue weighted by molar-refractivity contribution is 5.30. The minimum atomic E-state index is 0.150. The van der Waals surface area contributed by atoms with Gasteiger partial charge in [0.25, 0.3) is 0 Å². The highest BCUT2D eigenvalue weighted by Gasteiger charge is 2.34. The van der Waals surface area contributed by atoms with Crippen LogP contribution in [0.25, 0.3) is 0 Å². The van der Waals surface area contributed by atoms with E-state index >= 15 is 0 Å². The average Bonchev–Trinajstić information content (AvgIpc) is 2.83. The molecule has 0 fully saturated rings. The van der Waals surface area contributed by atoms with Crippen LogP contribution in [0.1, 0.15) is 111 Å². The van der Waals surface area contributed by atoms with E-state index in [0.29, 0.717) is 5.92 Å². The molecule has 0 aromatic carbocycles. The molecule has 1 rings (SSSR count). The molecule has 122 valence electrons. The predicted molar refractivity (Wildman–Crippen MR) is 93.2 cm³/mol. The fourth-order valence-electron chi connectivity index (χ4n) is 3.13. The number of nitrogens with zero attached hydrogens (tertiary/aromatic N) is 1. The van der Waals surface area contributed by atoms with Crippen LogP contribution in [0.4, 0.5) is 0 Å². The average molecular weight is 293 g/mol. The molecule has 0 amide bonds. The maximum Gasteiger partial charge on any atom is 0.109 e. The van der Waals surface area contributed by atoms with Crippen LogP contribution in [0, 0.1) is 0 Å². The monoisotopic (exact) mass is 292 g/mol. The molecule has 1 aromatic rings. The Morgan fingerprint density at radius 1 is 0.952 bits per heavy atom. The van der Waals surface area contributed by atoms with E-state index in [1.807, 2.05) is 0 Å². The third kappa shape index (κ3) is 4.34. The van der Waals surface area contributed by atoms with Crippen molar-refractivity contribution in [3.8, 4) is 0 Å². The van der Waals surface area contributed by atoms with Crippen molar-refractivity contribution in [2.45, 2.75) is 104 Å². The molecule has 0 aliphatic rings. The number of nitrogens with one attached hydrogen (secondary N) is 1. The van der Waals surface area contributed by atoms with Gasteiger partial charge in [-0.1, -0.05) is 74.7 Å². The minimum Gasteiger partial charge on any atom is -0.345 e. The number of aromatic nitrogens is 2. The van der Waals surface area contributed by atoms with E-state index in [1.165, 1.54) is 43.5 Å². The summed E-state index contributed by atoms with van der Waals surface area (Å²) in [5.74, 6) is 1.60. The molecule has 1 aromatic heterocycles. The van der Waals surface area contributed by atoms with Gasteiger partial charge in [-0.2, -0.15) is 0 Å². The number of rotatable bonds is 8. The summed E-state index contributed by atoms with van der Waals surface area (Å²) < 4.78 is 0. The van der Waals surface area contributed by atoms with Crippen molar-refractivity contribution in [1.82, 2.24) is 9.97 Å². The zero-order valence-electron chi connectivity index (χ0n) is 15.6. The van der Waals surface area contributed by atoms with Crippen molar-refractivity contribution >= 4 is 0 Å². The van der Waals surface area contributed by atoms with Crippen LogP contribution >= 0.6 is 0 Å². The first kappa shape index (κ1) is 18.3. The van der Waals surface area contributed by atoms with Gasteiger partial charge in [0.1, 0.15) is 5.82 Å². The normalized spacial score (nSPS) is 13.2. The number of hydrogen-bond acceptors (Lipinski definition) is 1. The van der Waals surface area contributed by atoms with Crippen molar-refractivity contribution < 1.29 is 0 Å². The fraction of sp³-hybridized carbons (Fsp3) is 0.842. The number of H-pyrrole nitrogens is 1. The lowest BCUT2D eigenvalue weighted by atomic mass is 9.76. The van der Waals surface area contributed by atoms with Crippen molar-refractivity contribution in [3.63, 3.8) is 0 Å². The molecule has 0 aliphatic carbocycles. The summed E-state index contributed by atoms with van der Waals surface area (Å²) in [4.78, 5) is 8.70. The quantitative estimate of drug-likeness (QED) is 0.618. The van der Waals surface area contributed by atoms with Gasteiger partial charge in [-0.15, -0.1) is 0 Å². The Hall–Kier alpha value is -0.790. The highest BCUT2D eigenvalue weighted by atomic mass is 15.0. The summed E-state index contributed by atoms with van der Waals surface area (Å²) in [5, 5.41) is 0. The van der Waals surface area contributed by atoms with Gasteiger partial charge in [-0.25, -0.2) is 4.98 Å². The lowest BCUT2D eigenvalue weighted by molar-refractivity contribution is 0.409. The maximum absolute atomic E-state index is 5.02. The third-order valence-corrected chi connectivity index (χ3v) is 4.62. The van der Waals surface area contributed by atoms with Crippen LogP contribution in [0.3, 0.4) is 0 Å². The largest absolute Gasteiger partial charge is 0.345 e. The molecule has 0 bridgehead atoms. The first-order chi connectivity index (χ1) is 9.65. The van der Waals surface area contributed by atoms with E-state index in [9.17, 15) is 0 Å². The zero-order chi connectivity index (χ0) is 16.3. The highest BCUT2D eigenvalue weighted by Crippen LogP contribution is 2.38. The second-order valence-corrected chi connectivity index (χ2v) is 8.12. The van der Waals surface area contributed by atoms with Crippen LogP contribution in [-0.2, 0) is 10.8 Å². The maximum atomic E-state index is 5.02. The Bertz CT molecular complexity index is 438. The molecule has 1 heterocycles. The third-order valence-electron chi connectivity index (χ3n) is 4.62. The second kappa shape index (κ2) is 6.98. The van der Waals surface area contributed by atoms with Gasteiger partial charge in [0.15, 0.2) is 0 Å². The molecule has 0 radical (unpaired) electrons. The molecule has 21 heavy (non-hydrogen) atoms. The Balaban J connectivity index is 3.28. The molecule has 2 heteroatoms. The summed E-state index contributed by atoms with van der Waals surface area (Å²) >= 11 is 0. The molecule has 1 N–H and O–H groups in total. The molecule has 0 saturated heterocycles. The Labute approximate surface area is 132 Å². The summed E-state index contributed by atoms with van der Waals surface area (Å²) in [6.07, 6.45) is 6.13. The van der Waals surface area contributed by atoms with E-state index in [-0.39, 0.29) is 10.8 Å². The Morgan fingerprint density at radius 2 is 1.57 bits per heavy atom. The molecule has 0 saturated carbocycles. The summed E-state index contributed by atoms with van der Waals surface area (Å²) in [6, 6.07) is 0. The number of hydrogen-bond donors (Lipinski definition) is 1. The van der Waals surface area contributed by atoms with E-state index < -0.39 is 0 Å². The van der Waals surface area contributed by atoms with Crippen LogP contribution in [-0.4, -0.2) is 9.97 Å². The molecule has 0 spiro atoms. The van der Waals surface area contributed by atoms with Gasteiger partial charge in [-0.05, 0) is 12.8 Å². The van der Waals surface area contributed by atoms with Crippen molar-refractivity contribution in [2.24, 2.45) is 0 Å². The summed E-state index contributed by atoms with van der Waals surface area (Å²) in [7, 11) is 0. The van der Waals surface area contributed by atoms with Gasteiger partial charge in [0.05, 0.1) is 5.69 Å². The van der Waals surface area contributed by atoms with E-state index in [1.54, 1.807) is 0 Å². The fourth-order valence-corrected chi connectivity index (χ4v) is 3.13. The zero-order valence-corrected chi connectivity index (χ0v) is 15.6. The summed E-state index contributed by atoms with van der Waals surface area (Å²) in [5.41, 5.74) is 3.00. The smallest absolute Gasteiger partial charge is 0.109 e. The Kier molecular flexibility index (Phi) is 6.07. The van der Waals surface area contributed by atoms with Crippen LogP contribution in [0.15, 0.2) is 0 Å². The van der Waals surface area contributed by atoms with Crippen LogP contribution < -0.4 is 0 Å². The lowest BCUT2D eigenvalue weighted by Gasteiger charge is -2.30. The molecule has 0 unspecified atom stereocenters. The van der Waals surface area contributed by atoms with Crippen molar-refractivity contribution in [3.05, 3.63) is 17.2 Å². The number of unbranched alkanes of at least 4 members (excludes halogenated alkanes) is 1. The van der Waals surface area contributed by atoms with Crippen LogP contribution in [0.2, 0.25) is 0 Å². The Morgan fingerprint density at radius 3 is 2.05 bits per heavy atom. The van der Waals surface area contributed by atoms with E-state index in [4.69, 9.17) is 4.98 Å². The molecular weight excluding hydrogens is 256 g/mol. The van der Waals surface area contributed by atoms with E-state index in [2.05, 4.69) is 60.4 Å². The van der Waals surface area contributed by atoms with E-state index in [0.717, 1.165) is 5.82 Å². The van der Waals surface area contributed by atoms with Crippen molar-refractivity contribution in [2.75, 3.05) is 0 Å². The van der Waals surface area contributed by atoms with Gasteiger partial charge in [0, 0.05) is 22.4 Å². The first-order valence-electron chi connectivity index (χ1n) is 8.76. The van der Waals surface area contributed by atoms with Crippen LogP contribution in [0.5, 0.6) is 0 Å². The van der Waals surface area contributed by atoms with Crippen molar-refractivity contribution in [1.29, 1.82) is 0 Å². The van der Waals surface area contributed by atoms with Gasteiger partial charge in [0.2, 0.25) is 0 Å². The molecule has 2 nitrogen and oxygen atoms in total. The number of imidazole rings is 1. The second-order valence-electron chi connectivity index (χ2n) is 8.12. The van der Waals surface area contributed by atoms with Gasteiger partial charge >= 0.3 is 0 Å². The van der Waals surface area contributed by atoms with Gasteiger partial charge in [-0.3, -0.25) is 0 Å². The van der Waals surface area contributed by atoms with Gasteiger partial charge < -0.3 is 4.98 Å². The standard InChI is InChI=1S/C19H36N2/c1-9-11-13-19(7,8)16-15(18(5,6)12-10-2)20-17(21-16)14(3)4/h14H,9-13H2,1-8H3,(H,20,21). The molecule has 0 atom stereocenters. The number of aromatic amines is 1. The first-order valence-corrected chi connectivity index (χ1v) is 8.76. The predicted octanol–water partition coefficient (Wildman–Crippen LogP) is 6.08. The summed E-state index contributed by atoms with van der Waals surface area (Å²) in [6.45, 7) is 18.4. The topological polar surface area (TPSA) is 28.7 Å². The lowest BCUT2D eigenvalue weighted by Crippen LogP contribution is -2.26. The minimum absolute atomic E-state index is 0.150.